The van der Waals surface area contributed by atoms with Crippen molar-refractivity contribution >= 4 is 17.7 Å². The highest BCUT2D eigenvalue weighted by molar-refractivity contribution is 7.98. The van der Waals surface area contributed by atoms with Gasteiger partial charge in [0, 0.05) is 10.6 Å². The number of thioether (sulfide) groups is 1. The number of hydrogen-bond donors (Lipinski definition) is 1. The van der Waals surface area contributed by atoms with Gasteiger partial charge in [0.05, 0.1) is 5.56 Å². The molecular weight excluding hydrogens is 256 g/mol. The van der Waals surface area contributed by atoms with Gasteiger partial charge in [0.2, 0.25) is 0 Å². The maximum absolute atomic E-state index is 10.9. The fourth-order valence-electron chi connectivity index (χ4n) is 1.84. The Morgan fingerprint density at radius 1 is 1.16 bits per heavy atom. The van der Waals surface area contributed by atoms with E-state index < -0.39 is 5.97 Å². The first-order chi connectivity index (χ1) is 9.06. The Labute approximate surface area is 117 Å². The highest BCUT2D eigenvalue weighted by Crippen LogP contribution is 2.25. The standard InChI is InChI=1S/C16H16O2S/c1-11-6-7-12(2)14(8-11)10-19-15-5-3-4-13(9-15)16(17)18/h3-9H,10H2,1-2H3,(H,17,18). The van der Waals surface area contributed by atoms with Gasteiger partial charge in [-0.25, -0.2) is 4.79 Å². The highest BCUT2D eigenvalue weighted by Gasteiger charge is 2.05. The van der Waals surface area contributed by atoms with Crippen LogP contribution in [-0.4, -0.2) is 11.1 Å². The summed E-state index contributed by atoms with van der Waals surface area (Å²) in [7, 11) is 0. The van der Waals surface area contributed by atoms with Crippen LogP contribution in [0.5, 0.6) is 0 Å². The molecule has 0 aromatic heterocycles. The van der Waals surface area contributed by atoms with Crippen LogP contribution in [0.1, 0.15) is 27.0 Å². The van der Waals surface area contributed by atoms with E-state index in [1.54, 1.807) is 30.0 Å². The number of carboxylic acids is 1. The molecule has 2 aromatic rings. The number of benzene rings is 2. The molecule has 1 N–H and O–H groups in total. The molecule has 0 saturated heterocycles. The average molecular weight is 272 g/mol. The van der Waals surface area contributed by atoms with Gasteiger partial charge in [0.15, 0.2) is 0 Å². The lowest BCUT2D eigenvalue weighted by Crippen LogP contribution is -1.95. The smallest absolute Gasteiger partial charge is 0.335 e. The Morgan fingerprint density at radius 3 is 2.68 bits per heavy atom. The maximum Gasteiger partial charge on any atom is 0.335 e. The summed E-state index contributed by atoms with van der Waals surface area (Å²) in [6.45, 7) is 4.18. The highest BCUT2D eigenvalue weighted by atomic mass is 32.2. The first-order valence-electron chi connectivity index (χ1n) is 6.08. The molecule has 98 valence electrons. The molecule has 0 unspecified atom stereocenters. The number of hydrogen-bond acceptors (Lipinski definition) is 2. The number of carboxylic acid groups (broad SMARTS) is 1. The minimum absolute atomic E-state index is 0.339. The zero-order valence-electron chi connectivity index (χ0n) is 11.0. The molecule has 19 heavy (non-hydrogen) atoms. The normalized spacial score (nSPS) is 10.4. The number of aryl methyl sites for hydroxylation is 2. The van der Waals surface area contributed by atoms with E-state index in [4.69, 9.17) is 5.11 Å². The Bertz CT molecular complexity index is 605. The van der Waals surface area contributed by atoms with E-state index in [-0.39, 0.29) is 0 Å². The van der Waals surface area contributed by atoms with E-state index >= 15 is 0 Å². The third-order valence-corrected chi connectivity index (χ3v) is 4.02. The van der Waals surface area contributed by atoms with Gasteiger partial charge in [0.25, 0.3) is 0 Å². The molecule has 0 amide bonds. The van der Waals surface area contributed by atoms with Gasteiger partial charge in [0.1, 0.15) is 0 Å². The van der Waals surface area contributed by atoms with E-state index in [0.29, 0.717) is 5.56 Å². The molecule has 0 radical (unpaired) electrons. The molecule has 2 nitrogen and oxygen atoms in total. The molecule has 2 aromatic carbocycles. The Hall–Kier alpha value is -1.74. The predicted molar refractivity (Wildman–Crippen MR) is 78.9 cm³/mol. The van der Waals surface area contributed by atoms with E-state index in [9.17, 15) is 4.79 Å². The van der Waals surface area contributed by atoms with Crippen LogP contribution in [0.3, 0.4) is 0 Å². The van der Waals surface area contributed by atoms with Gasteiger partial charge in [-0.2, -0.15) is 0 Å². The number of aromatic carboxylic acids is 1. The minimum Gasteiger partial charge on any atom is -0.478 e. The molecule has 3 heteroatoms. The number of carbonyl (C=O) groups is 1. The molecule has 0 heterocycles. The summed E-state index contributed by atoms with van der Waals surface area (Å²) in [6, 6.07) is 13.5. The van der Waals surface area contributed by atoms with Gasteiger partial charge in [-0.15, -0.1) is 11.8 Å². The molecule has 0 spiro atoms. The molecule has 0 bridgehead atoms. The monoisotopic (exact) mass is 272 g/mol. The average Bonchev–Trinajstić information content (AvgIpc) is 2.40. The van der Waals surface area contributed by atoms with Gasteiger partial charge in [-0.1, -0.05) is 29.8 Å². The van der Waals surface area contributed by atoms with E-state index in [1.807, 2.05) is 6.07 Å². The van der Waals surface area contributed by atoms with Crippen LogP contribution in [0.2, 0.25) is 0 Å². The fraction of sp³-hybridized carbons (Fsp3) is 0.188. The molecule has 0 saturated carbocycles. The second-order valence-electron chi connectivity index (χ2n) is 4.55. The van der Waals surface area contributed by atoms with Gasteiger partial charge in [-0.3, -0.25) is 0 Å². The molecule has 0 aliphatic heterocycles. The van der Waals surface area contributed by atoms with Crippen molar-refractivity contribution in [3.05, 3.63) is 64.7 Å². The zero-order valence-corrected chi connectivity index (χ0v) is 11.8. The molecule has 0 aliphatic rings. The quantitative estimate of drug-likeness (QED) is 0.843. The third-order valence-electron chi connectivity index (χ3n) is 2.98. The van der Waals surface area contributed by atoms with E-state index in [0.717, 1.165) is 10.6 Å². The minimum atomic E-state index is -0.880. The molecular formula is C16H16O2S. The predicted octanol–water partition coefficient (Wildman–Crippen LogP) is 4.29. The summed E-state index contributed by atoms with van der Waals surface area (Å²) < 4.78 is 0. The van der Waals surface area contributed by atoms with Crippen molar-refractivity contribution in [2.24, 2.45) is 0 Å². The second-order valence-corrected chi connectivity index (χ2v) is 5.60. The topological polar surface area (TPSA) is 37.3 Å². The fourth-order valence-corrected chi connectivity index (χ4v) is 2.85. The Morgan fingerprint density at radius 2 is 1.95 bits per heavy atom. The van der Waals surface area contributed by atoms with Gasteiger partial charge < -0.3 is 5.11 Å². The second kappa shape index (κ2) is 5.93. The van der Waals surface area contributed by atoms with Crippen LogP contribution in [-0.2, 0) is 5.75 Å². The Balaban J connectivity index is 2.12. The number of rotatable bonds is 4. The summed E-state index contributed by atoms with van der Waals surface area (Å²) in [5.41, 5.74) is 4.16. The molecule has 0 aliphatic carbocycles. The third kappa shape index (κ3) is 3.61. The summed E-state index contributed by atoms with van der Waals surface area (Å²) in [6.07, 6.45) is 0. The van der Waals surface area contributed by atoms with Crippen molar-refractivity contribution in [1.29, 1.82) is 0 Å². The summed E-state index contributed by atoms with van der Waals surface area (Å²) >= 11 is 1.66. The van der Waals surface area contributed by atoms with E-state index in [2.05, 4.69) is 32.0 Å². The van der Waals surface area contributed by atoms with Crippen molar-refractivity contribution in [2.45, 2.75) is 24.5 Å². The first-order valence-corrected chi connectivity index (χ1v) is 7.07. The van der Waals surface area contributed by atoms with Crippen molar-refractivity contribution in [3.63, 3.8) is 0 Å². The van der Waals surface area contributed by atoms with Crippen LogP contribution in [0.25, 0.3) is 0 Å². The van der Waals surface area contributed by atoms with Crippen LogP contribution in [0.4, 0.5) is 0 Å². The van der Waals surface area contributed by atoms with Crippen LogP contribution in [0, 0.1) is 13.8 Å². The maximum atomic E-state index is 10.9. The van der Waals surface area contributed by atoms with Crippen molar-refractivity contribution in [3.8, 4) is 0 Å². The Kier molecular flexibility index (Phi) is 4.27. The van der Waals surface area contributed by atoms with Gasteiger partial charge >= 0.3 is 5.97 Å². The summed E-state index contributed by atoms with van der Waals surface area (Å²) in [5, 5.41) is 8.97. The van der Waals surface area contributed by atoms with Crippen LogP contribution in [0.15, 0.2) is 47.4 Å². The van der Waals surface area contributed by atoms with E-state index in [1.165, 1.54) is 16.7 Å². The summed E-state index contributed by atoms with van der Waals surface area (Å²) in [5.74, 6) is -0.0227. The van der Waals surface area contributed by atoms with Crippen molar-refractivity contribution < 1.29 is 9.90 Å². The van der Waals surface area contributed by atoms with Crippen LogP contribution < -0.4 is 0 Å². The van der Waals surface area contributed by atoms with Gasteiger partial charge in [-0.05, 0) is 43.2 Å². The SMILES string of the molecule is Cc1ccc(C)c(CSc2cccc(C(=O)O)c2)c1. The van der Waals surface area contributed by atoms with Crippen molar-refractivity contribution in [1.82, 2.24) is 0 Å². The first kappa shape index (κ1) is 13.7. The lowest BCUT2D eigenvalue weighted by Gasteiger charge is -2.07. The molecule has 0 fully saturated rings. The molecule has 0 atom stereocenters. The largest absolute Gasteiger partial charge is 0.478 e. The van der Waals surface area contributed by atoms with Crippen molar-refractivity contribution in [2.75, 3.05) is 0 Å². The lowest BCUT2D eigenvalue weighted by atomic mass is 10.1. The lowest BCUT2D eigenvalue weighted by molar-refractivity contribution is 0.0696. The molecule has 2 rings (SSSR count). The zero-order chi connectivity index (χ0) is 13.8. The van der Waals surface area contributed by atoms with Crippen LogP contribution >= 0.6 is 11.8 Å². The summed E-state index contributed by atoms with van der Waals surface area (Å²) in [4.78, 5) is 11.9.